The summed E-state index contributed by atoms with van der Waals surface area (Å²) >= 11 is 0. The summed E-state index contributed by atoms with van der Waals surface area (Å²) in [7, 11) is 0. The van der Waals surface area contributed by atoms with Crippen LogP contribution in [0.2, 0.25) is 0 Å². The predicted molar refractivity (Wildman–Crippen MR) is 77.6 cm³/mol. The minimum atomic E-state index is -0.298. The first-order valence-corrected chi connectivity index (χ1v) is 7.11. The molecule has 1 aromatic carbocycles. The van der Waals surface area contributed by atoms with Crippen LogP contribution < -0.4 is 5.73 Å². The molecule has 0 aliphatic carbocycles. The van der Waals surface area contributed by atoms with Gasteiger partial charge < -0.3 is 10.3 Å². The number of halogens is 1. The van der Waals surface area contributed by atoms with E-state index in [9.17, 15) is 4.39 Å². The van der Waals surface area contributed by atoms with E-state index in [0.29, 0.717) is 17.5 Å². The molecule has 2 N–H and O–H groups in total. The highest BCUT2D eigenvalue weighted by atomic mass is 19.1. The summed E-state index contributed by atoms with van der Waals surface area (Å²) in [5, 5.41) is 0. The first-order chi connectivity index (χ1) is 9.19. The Bertz CT molecular complexity index is 548. The molecule has 3 nitrogen and oxygen atoms in total. The molecule has 1 atom stereocenters. The molecule has 0 amide bonds. The fraction of sp³-hybridized carbons (Fsp3) is 0.533. The second-order valence-electron chi connectivity index (χ2n) is 5.03. The molecular formula is C15H22FN3. The normalized spacial score (nSPS) is 13.0. The van der Waals surface area contributed by atoms with E-state index >= 15 is 0 Å². The van der Waals surface area contributed by atoms with Gasteiger partial charge in [-0.2, -0.15) is 0 Å². The topological polar surface area (TPSA) is 43.8 Å². The average Bonchev–Trinajstić information content (AvgIpc) is 2.73. The van der Waals surface area contributed by atoms with Gasteiger partial charge in [0.15, 0.2) is 5.82 Å². The molecule has 4 heteroatoms. The summed E-state index contributed by atoms with van der Waals surface area (Å²) < 4.78 is 15.8. The number of hydrogen-bond acceptors (Lipinski definition) is 2. The van der Waals surface area contributed by atoms with Crippen molar-refractivity contribution >= 4 is 17.0 Å². The van der Waals surface area contributed by atoms with Gasteiger partial charge in [-0.15, -0.1) is 0 Å². The van der Waals surface area contributed by atoms with Gasteiger partial charge in [0.2, 0.25) is 5.95 Å². The van der Waals surface area contributed by atoms with E-state index in [-0.39, 0.29) is 5.82 Å². The summed E-state index contributed by atoms with van der Waals surface area (Å²) in [5.74, 6) is 0.128. The van der Waals surface area contributed by atoms with Crippen molar-refractivity contribution in [2.24, 2.45) is 0 Å². The van der Waals surface area contributed by atoms with Crippen LogP contribution in [-0.2, 0) is 0 Å². The highest BCUT2D eigenvalue weighted by Crippen LogP contribution is 2.30. The number of nitrogens with zero attached hydrogens (tertiary/aromatic N) is 2. The number of hydrogen-bond donors (Lipinski definition) is 1. The van der Waals surface area contributed by atoms with E-state index in [1.54, 1.807) is 6.07 Å². The van der Waals surface area contributed by atoms with Crippen molar-refractivity contribution in [3.63, 3.8) is 0 Å². The van der Waals surface area contributed by atoms with Gasteiger partial charge in [-0.3, -0.25) is 0 Å². The molecule has 0 spiro atoms. The monoisotopic (exact) mass is 263 g/mol. The van der Waals surface area contributed by atoms with Gasteiger partial charge in [0.25, 0.3) is 0 Å². The molecule has 2 aromatic rings. The van der Waals surface area contributed by atoms with E-state index in [1.165, 1.54) is 6.07 Å². The standard InChI is InChI=1S/C15H22FN3/c1-3-5-8-11(7-4-2)19-13-10-6-9-12(16)14(13)18-15(19)17/h6,9-11H,3-5,7-8H2,1-2H3,(H2,17,18). The lowest BCUT2D eigenvalue weighted by atomic mass is 10.0. The summed E-state index contributed by atoms with van der Waals surface area (Å²) in [6.45, 7) is 4.34. The lowest BCUT2D eigenvalue weighted by molar-refractivity contribution is 0.430. The van der Waals surface area contributed by atoms with Crippen molar-refractivity contribution in [1.29, 1.82) is 0 Å². The maximum Gasteiger partial charge on any atom is 0.201 e. The maximum absolute atomic E-state index is 13.7. The molecule has 1 aromatic heterocycles. The van der Waals surface area contributed by atoms with Crippen molar-refractivity contribution in [3.8, 4) is 0 Å². The second-order valence-corrected chi connectivity index (χ2v) is 5.03. The Morgan fingerprint density at radius 2 is 2.05 bits per heavy atom. The predicted octanol–water partition coefficient (Wildman–Crippen LogP) is 4.29. The van der Waals surface area contributed by atoms with Crippen LogP contribution >= 0.6 is 0 Å². The van der Waals surface area contributed by atoms with Crippen molar-refractivity contribution in [3.05, 3.63) is 24.0 Å². The molecule has 0 aliphatic heterocycles. The Balaban J connectivity index is 2.46. The van der Waals surface area contributed by atoms with E-state index in [1.807, 2.05) is 10.6 Å². The largest absolute Gasteiger partial charge is 0.369 e. The van der Waals surface area contributed by atoms with E-state index in [0.717, 1.165) is 37.6 Å². The van der Waals surface area contributed by atoms with Gasteiger partial charge in [-0.25, -0.2) is 9.37 Å². The third kappa shape index (κ3) is 2.72. The number of nitrogen functional groups attached to an aromatic ring is 1. The molecule has 0 saturated carbocycles. The fourth-order valence-corrected chi connectivity index (χ4v) is 2.66. The van der Waals surface area contributed by atoms with Crippen molar-refractivity contribution in [1.82, 2.24) is 9.55 Å². The first-order valence-electron chi connectivity index (χ1n) is 7.11. The zero-order valence-electron chi connectivity index (χ0n) is 11.7. The van der Waals surface area contributed by atoms with Gasteiger partial charge in [-0.05, 0) is 25.0 Å². The van der Waals surface area contributed by atoms with Crippen LogP contribution in [0.3, 0.4) is 0 Å². The lowest BCUT2D eigenvalue weighted by Crippen LogP contribution is -2.12. The Kier molecular flexibility index (Phi) is 4.40. The zero-order chi connectivity index (χ0) is 13.8. The number of unbranched alkanes of at least 4 members (excludes halogenated alkanes) is 1. The van der Waals surface area contributed by atoms with Crippen molar-refractivity contribution < 1.29 is 4.39 Å². The second kappa shape index (κ2) is 6.04. The molecule has 0 saturated heterocycles. The summed E-state index contributed by atoms with van der Waals surface area (Å²) in [6.07, 6.45) is 5.51. The Hall–Kier alpha value is -1.58. The minimum Gasteiger partial charge on any atom is -0.369 e. The molecule has 0 bridgehead atoms. The average molecular weight is 263 g/mol. The molecule has 0 fully saturated rings. The lowest BCUT2D eigenvalue weighted by Gasteiger charge is -2.20. The number of rotatable bonds is 6. The molecule has 1 heterocycles. The number of anilines is 1. The highest BCUT2D eigenvalue weighted by molar-refractivity contribution is 5.79. The summed E-state index contributed by atoms with van der Waals surface area (Å²) in [6, 6.07) is 5.37. The Morgan fingerprint density at radius 3 is 2.74 bits per heavy atom. The van der Waals surface area contributed by atoms with E-state index < -0.39 is 0 Å². The van der Waals surface area contributed by atoms with Crippen LogP contribution in [0.4, 0.5) is 10.3 Å². The Morgan fingerprint density at radius 1 is 1.26 bits per heavy atom. The molecule has 0 aliphatic rings. The number of benzene rings is 1. The maximum atomic E-state index is 13.7. The van der Waals surface area contributed by atoms with E-state index in [4.69, 9.17) is 5.73 Å². The summed E-state index contributed by atoms with van der Waals surface area (Å²) in [4.78, 5) is 4.19. The van der Waals surface area contributed by atoms with Crippen LogP contribution in [0.25, 0.3) is 11.0 Å². The van der Waals surface area contributed by atoms with Gasteiger partial charge in [-0.1, -0.05) is 39.2 Å². The van der Waals surface area contributed by atoms with Gasteiger partial charge in [0, 0.05) is 6.04 Å². The third-order valence-corrected chi connectivity index (χ3v) is 3.58. The van der Waals surface area contributed by atoms with Crippen LogP contribution in [0.15, 0.2) is 18.2 Å². The number of fused-ring (bicyclic) bond motifs is 1. The van der Waals surface area contributed by atoms with Crippen LogP contribution in [0.1, 0.15) is 52.0 Å². The smallest absolute Gasteiger partial charge is 0.201 e. The number of aromatic nitrogens is 2. The Labute approximate surface area is 113 Å². The minimum absolute atomic E-state index is 0.298. The third-order valence-electron chi connectivity index (χ3n) is 3.58. The number of imidazole rings is 1. The molecule has 2 rings (SSSR count). The quantitative estimate of drug-likeness (QED) is 0.845. The molecule has 1 unspecified atom stereocenters. The van der Waals surface area contributed by atoms with Crippen LogP contribution in [0, 0.1) is 5.82 Å². The van der Waals surface area contributed by atoms with Gasteiger partial charge >= 0.3 is 0 Å². The SMILES string of the molecule is CCCCC(CCC)n1c(N)nc2c(F)cccc21. The van der Waals surface area contributed by atoms with Gasteiger partial charge in [0.05, 0.1) is 5.52 Å². The molecular weight excluding hydrogens is 241 g/mol. The highest BCUT2D eigenvalue weighted by Gasteiger charge is 2.18. The molecule has 0 radical (unpaired) electrons. The molecule has 104 valence electrons. The molecule has 19 heavy (non-hydrogen) atoms. The van der Waals surface area contributed by atoms with E-state index in [2.05, 4.69) is 18.8 Å². The van der Waals surface area contributed by atoms with Crippen molar-refractivity contribution in [2.45, 2.75) is 52.0 Å². The summed E-state index contributed by atoms with van der Waals surface area (Å²) in [5.41, 5.74) is 7.21. The number of nitrogens with two attached hydrogens (primary N) is 1. The zero-order valence-corrected chi connectivity index (χ0v) is 11.7. The van der Waals surface area contributed by atoms with Gasteiger partial charge in [0.1, 0.15) is 5.52 Å². The fourth-order valence-electron chi connectivity index (χ4n) is 2.66. The first kappa shape index (κ1) is 13.8. The van der Waals surface area contributed by atoms with Crippen molar-refractivity contribution in [2.75, 3.05) is 5.73 Å². The van der Waals surface area contributed by atoms with Crippen LogP contribution in [-0.4, -0.2) is 9.55 Å². The van der Waals surface area contributed by atoms with Crippen LogP contribution in [0.5, 0.6) is 0 Å². The number of para-hydroxylation sites is 1.